The Bertz CT molecular complexity index is 1130. The maximum atomic E-state index is 12.7. The highest BCUT2D eigenvalue weighted by Gasteiger charge is 2.29. The summed E-state index contributed by atoms with van der Waals surface area (Å²) in [5.41, 5.74) is 4.71. The molecule has 30 heavy (non-hydrogen) atoms. The molecule has 0 atom stereocenters. The van der Waals surface area contributed by atoms with E-state index in [2.05, 4.69) is 0 Å². The van der Waals surface area contributed by atoms with Gasteiger partial charge in [0.2, 0.25) is 0 Å². The van der Waals surface area contributed by atoms with Crippen molar-refractivity contribution in [2.75, 3.05) is 19.1 Å². The van der Waals surface area contributed by atoms with Crippen molar-refractivity contribution in [1.82, 2.24) is 0 Å². The third-order valence-electron chi connectivity index (χ3n) is 5.08. The summed E-state index contributed by atoms with van der Waals surface area (Å²) in [5.74, 6) is 0.275. The number of anilines is 1. The van der Waals surface area contributed by atoms with Gasteiger partial charge >= 0.3 is 5.97 Å². The molecular weight excluding hydrogens is 378 g/mol. The number of likely N-dealkylation sites (N-methyl/N-ethyl adjacent to an activating group) is 1. The van der Waals surface area contributed by atoms with Crippen LogP contribution >= 0.6 is 0 Å². The van der Waals surface area contributed by atoms with Crippen molar-refractivity contribution in [3.63, 3.8) is 0 Å². The van der Waals surface area contributed by atoms with Crippen molar-refractivity contribution in [3.05, 3.63) is 95.1 Å². The highest BCUT2D eigenvalue weighted by molar-refractivity contribution is 6.35. The van der Waals surface area contributed by atoms with Gasteiger partial charge in [0.05, 0.1) is 18.4 Å². The number of amides is 1. The first kappa shape index (κ1) is 19.5. The maximum Gasteiger partial charge on any atom is 0.337 e. The van der Waals surface area contributed by atoms with Crippen LogP contribution in [0.5, 0.6) is 5.75 Å². The third kappa shape index (κ3) is 3.70. The first-order valence-electron chi connectivity index (χ1n) is 9.56. The lowest BCUT2D eigenvalue weighted by Crippen LogP contribution is -2.20. The Morgan fingerprint density at radius 3 is 2.43 bits per heavy atom. The van der Waals surface area contributed by atoms with Gasteiger partial charge in [0.1, 0.15) is 12.4 Å². The molecule has 0 radical (unpaired) electrons. The number of esters is 1. The van der Waals surface area contributed by atoms with Crippen molar-refractivity contribution >= 4 is 29.2 Å². The average molecular weight is 399 g/mol. The largest absolute Gasteiger partial charge is 0.488 e. The van der Waals surface area contributed by atoms with Crippen molar-refractivity contribution in [2.45, 2.75) is 6.61 Å². The zero-order valence-electron chi connectivity index (χ0n) is 16.8. The fourth-order valence-electron chi connectivity index (χ4n) is 3.44. The number of methoxy groups -OCH3 is 1. The van der Waals surface area contributed by atoms with Crippen molar-refractivity contribution < 1.29 is 19.1 Å². The number of rotatable bonds is 5. The smallest absolute Gasteiger partial charge is 0.337 e. The number of hydrogen-bond acceptors (Lipinski definition) is 4. The summed E-state index contributed by atoms with van der Waals surface area (Å²) in [6.45, 7) is 0.339. The molecule has 1 aliphatic rings. The first-order chi connectivity index (χ1) is 14.6. The number of fused-ring (bicyclic) bond motifs is 1. The first-order valence-corrected chi connectivity index (χ1v) is 9.56. The second kappa shape index (κ2) is 8.25. The highest BCUT2D eigenvalue weighted by atomic mass is 16.5. The van der Waals surface area contributed by atoms with E-state index in [1.54, 1.807) is 24.1 Å². The molecule has 1 aliphatic heterocycles. The van der Waals surface area contributed by atoms with E-state index in [1.807, 2.05) is 66.7 Å². The molecule has 0 aliphatic carbocycles. The van der Waals surface area contributed by atoms with E-state index in [0.29, 0.717) is 23.5 Å². The van der Waals surface area contributed by atoms with Crippen LogP contribution in [0.25, 0.3) is 11.6 Å². The van der Waals surface area contributed by atoms with E-state index in [0.717, 1.165) is 22.4 Å². The summed E-state index contributed by atoms with van der Waals surface area (Å²) in [4.78, 5) is 26.0. The van der Waals surface area contributed by atoms with Gasteiger partial charge in [-0.3, -0.25) is 4.79 Å². The third-order valence-corrected chi connectivity index (χ3v) is 5.08. The van der Waals surface area contributed by atoms with Gasteiger partial charge in [0.15, 0.2) is 0 Å². The Labute approximate surface area is 175 Å². The Hall–Kier alpha value is -3.86. The van der Waals surface area contributed by atoms with Crippen LogP contribution in [0.3, 0.4) is 0 Å². The Morgan fingerprint density at radius 1 is 0.967 bits per heavy atom. The summed E-state index contributed by atoms with van der Waals surface area (Å²) >= 11 is 0. The van der Waals surface area contributed by atoms with E-state index in [1.165, 1.54) is 7.11 Å². The average Bonchev–Trinajstić information content (AvgIpc) is 3.03. The zero-order valence-corrected chi connectivity index (χ0v) is 16.8. The van der Waals surface area contributed by atoms with Crippen LogP contribution in [0, 0.1) is 0 Å². The number of hydrogen-bond donors (Lipinski definition) is 0. The van der Waals surface area contributed by atoms with Crippen molar-refractivity contribution in [1.29, 1.82) is 0 Å². The molecule has 3 aromatic carbocycles. The molecule has 4 rings (SSSR count). The molecule has 0 fully saturated rings. The molecule has 0 bridgehead atoms. The summed E-state index contributed by atoms with van der Waals surface area (Å²) in [6, 6.07) is 22.5. The lowest BCUT2D eigenvalue weighted by molar-refractivity contribution is -0.112. The molecular formula is C25H21NO4. The maximum absolute atomic E-state index is 12.7. The van der Waals surface area contributed by atoms with E-state index in [4.69, 9.17) is 9.47 Å². The second-order valence-electron chi connectivity index (χ2n) is 6.95. The number of ether oxygens (including phenoxy) is 2. The molecule has 150 valence electrons. The summed E-state index contributed by atoms with van der Waals surface area (Å²) in [6.07, 6.45) is 1.88. The Kier molecular flexibility index (Phi) is 5.35. The van der Waals surface area contributed by atoms with Crippen LogP contribution in [0.1, 0.15) is 27.0 Å². The predicted molar refractivity (Wildman–Crippen MR) is 116 cm³/mol. The quantitative estimate of drug-likeness (QED) is 0.466. The van der Waals surface area contributed by atoms with Crippen molar-refractivity contribution in [2.24, 2.45) is 0 Å². The number of para-hydroxylation sites is 2. The second-order valence-corrected chi connectivity index (χ2v) is 6.95. The molecule has 0 saturated carbocycles. The molecule has 0 N–H and O–H groups in total. The van der Waals surface area contributed by atoms with E-state index >= 15 is 0 Å². The minimum Gasteiger partial charge on any atom is -0.488 e. The molecule has 0 unspecified atom stereocenters. The molecule has 1 heterocycles. The summed E-state index contributed by atoms with van der Waals surface area (Å²) in [7, 11) is 3.14. The number of nitrogens with zero attached hydrogens (tertiary/aromatic N) is 1. The van der Waals surface area contributed by atoms with Gasteiger partial charge in [0, 0.05) is 23.7 Å². The highest BCUT2D eigenvalue weighted by Crippen LogP contribution is 2.37. The monoisotopic (exact) mass is 399 g/mol. The molecule has 0 aromatic heterocycles. The van der Waals surface area contributed by atoms with Crippen LogP contribution in [0.4, 0.5) is 5.69 Å². The minimum atomic E-state index is -0.370. The number of carbonyl (C=O) groups is 2. The minimum absolute atomic E-state index is 0.0376. The Balaban J connectivity index is 1.57. The van der Waals surface area contributed by atoms with Crippen LogP contribution in [-0.4, -0.2) is 26.0 Å². The standard InChI is InChI=1S/C25H21NO4/c1-26-22-9-5-4-8-20(22)21(24(26)27)15-19-7-3-6-10-23(19)30-16-17-11-13-18(14-12-17)25(28)29-2/h3-15H,16H2,1-2H3/b21-15+. The molecule has 0 spiro atoms. The van der Waals surface area contributed by atoms with Gasteiger partial charge < -0.3 is 14.4 Å². The van der Waals surface area contributed by atoms with Crippen molar-refractivity contribution in [3.8, 4) is 5.75 Å². The summed E-state index contributed by atoms with van der Waals surface area (Å²) in [5, 5.41) is 0. The van der Waals surface area contributed by atoms with E-state index in [9.17, 15) is 9.59 Å². The van der Waals surface area contributed by atoms with Crippen LogP contribution in [0.2, 0.25) is 0 Å². The number of benzene rings is 3. The molecule has 5 nitrogen and oxygen atoms in total. The lowest BCUT2D eigenvalue weighted by atomic mass is 10.0. The fourth-order valence-corrected chi connectivity index (χ4v) is 3.44. The zero-order chi connectivity index (χ0) is 21.1. The van der Waals surface area contributed by atoms with Crippen LogP contribution in [0.15, 0.2) is 72.8 Å². The fraction of sp³-hybridized carbons (Fsp3) is 0.120. The van der Waals surface area contributed by atoms with Crippen LogP contribution < -0.4 is 9.64 Å². The normalized spacial score (nSPS) is 14.0. The molecule has 0 saturated heterocycles. The predicted octanol–water partition coefficient (Wildman–Crippen LogP) is 4.57. The van der Waals surface area contributed by atoms with Gasteiger partial charge in [0.25, 0.3) is 5.91 Å². The van der Waals surface area contributed by atoms with Crippen LogP contribution in [-0.2, 0) is 16.1 Å². The number of carbonyl (C=O) groups excluding carboxylic acids is 2. The summed E-state index contributed by atoms with van der Waals surface area (Å²) < 4.78 is 10.7. The lowest BCUT2D eigenvalue weighted by Gasteiger charge is -2.10. The van der Waals surface area contributed by atoms with Gasteiger partial charge in [-0.15, -0.1) is 0 Å². The van der Waals surface area contributed by atoms with Gasteiger partial charge in [-0.05, 0) is 35.9 Å². The van der Waals surface area contributed by atoms with Gasteiger partial charge in [-0.2, -0.15) is 0 Å². The SMILES string of the molecule is COC(=O)c1ccc(COc2ccccc2/C=C2/C(=O)N(C)c3ccccc32)cc1. The van der Waals surface area contributed by atoms with Gasteiger partial charge in [-0.25, -0.2) is 4.79 Å². The molecule has 1 amide bonds. The molecule has 5 heteroatoms. The topological polar surface area (TPSA) is 55.8 Å². The molecule has 3 aromatic rings. The van der Waals surface area contributed by atoms with Gasteiger partial charge in [-0.1, -0.05) is 48.5 Å². The van der Waals surface area contributed by atoms with E-state index in [-0.39, 0.29) is 11.9 Å². The van der Waals surface area contributed by atoms with E-state index < -0.39 is 0 Å². The Morgan fingerprint density at radius 2 is 1.67 bits per heavy atom.